The van der Waals surface area contributed by atoms with Crippen LogP contribution >= 0.6 is 0 Å². The van der Waals surface area contributed by atoms with Crippen molar-refractivity contribution in [2.24, 2.45) is 0 Å². The summed E-state index contributed by atoms with van der Waals surface area (Å²) in [5.74, 6) is -0.656. The van der Waals surface area contributed by atoms with Gasteiger partial charge in [-0.2, -0.15) is 12.7 Å². The van der Waals surface area contributed by atoms with Crippen molar-refractivity contribution in [2.75, 3.05) is 57.7 Å². The Hall–Kier alpha value is -4.00. The maximum absolute atomic E-state index is 14.7. The first-order valence-corrected chi connectivity index (χ1v) is 16.3. The third kappa shape index (κ3) is 5.10. The summed E-state index contributed by atoms with van der Waals surface area (Å²) in [7, 11) is -0.893. The number of piperazine rings is 1. The number of fused-ring (bicyclic) bond motifs is 1. The number of aryl methyl sites for hydroxylation is 1. The van der Waals surface area contributed by atoms with Gasteiger partial charge in [0.15, 0.2) is 5.03 Å². The number of methoxy groups -OCH3 is 1. The van der Waals surface area contributed by atoms with E-state index < -0.39 is 27.6 Å². The molecule has 12 heteroatoms. The van der Waals surface area contributed by atoms with E-state index >= 15 is 0 Å². The second-order valence-corrected chi connectivity index (χ2v) is 13.3. The first kappa shape index (κ1) is 30.0. The molecular formula is C32H37N5O6S. The second kappa shape index (κ2) is 11.8. The number of carbonyl (C=O) groups excluding carboxylic acids is 2. The van der Waals surface area contributed by atoms with Crippen molar-refractivity contribution in [1.29, 1.82) is 0 Å². The molecule has 3 aliphatic heterocycles. The summed E-state index contributed by atoms with van der Waals surface area (Å²) in [6, 6.07) is 16.6. The van der Waals surface area contributed by atoms with Crippen molar-refractivity contribution in [2.45, 2.75) is 36.4 Å². The molecule has 4 heterocycles. The number of nitrogens with zero attached hydrogens (tertiary/aromatic N) is 5. The van der Waals surface area contributed by atoms with Gasteiger partial charge in [-0.3, -0.25) is 9.69 Å². The average molecular weight is 620 g/mol. The van der Waals surface area contributed by atoms with Gasteiger partial charge >= 0.3 is 6.09 Å². The van der Waals surface area contributed by atoms with Crippen LogP contribution in [0.5, 0.6) is 5.75 Å². The summed E-state index contributed by atoms with van der Waals surface area (Å²) >= 11 is 0. The van der Waals surface area contributed by atoms with Crippen molar-refractivity contribution in [1.82, 2.24) is 19.7 Å². The van der Waals surface area contributed by atoms with E-state index in [4.69, 9.17) is 9.47 Å². The lowest BCUT2D eigenvalue weighted by atomic mass is 9.85. The van der Waals surface area contributed by atoms with E-state index in [1.807, 2.05) is 6.92 Å². The molecule has 11 nitrogen and oxygen atoms in total. The number of anilines is 1. The molecular weight excluding hydrogens is 582 g/mol. The van der Waals surface area contributed by atoms with E-state index in [9.17, 15) is 18.0 Å². The number of rotatable bonds is 6. The van der Waals surface area contributed by atoms with E-state index in [2.05, 4.69) is 21.8 Å². The molecule has 0 aliphatic carbocycles. The Balaban J connectivity index is 1.40. The smallest absolute Gasteiger partial charge is 0.411 e. The zero-order valence-electron chi connectivity index (χ0n) is 25.2. The van der Waals surface area contributed by atoms with Gasteiger partial charge in [-0.25, -0.2) is 9.78 Å². The van der Waals surface area contributed by atoms with Gasteiger partial charge in [0.05, 0.1) is 18.4 Å². The summed E-state index contributed by atoms with van der Waals surface area (Å²) in [5, 5.41) is -0.299. The zero-order valence-corrected chi connectivity index (χ0v) is 26.0. The molecule has 1 aromatic heterocycles. The maximum atomic E-state index is 14.7. The summed E-state index contributed by atoms with van der Waals surface area (Å²) in [6.07, 6.45) is 2.82. The molecule has 0 bridgehead atoms. The number of ether oxygens (including phenoxy) is 2. The standard InChI is InChI=1S/C32H37N5O6S/c1-23-11-12-27-26(22-23)32(25-8-4-5-9-28(25)42-3,30(38)37(27)44(40,41)29-10-6-7-15-33-29)43-31(39)36-20-18-35(19-21-36)24-13-16-34(2)17-14-24/h4-12,15,22,24H,13-14,16-21H2,1-3H3. The quantitative estimate of drug-likeness (QED) is 0.411. The molecule has 3 aromatic rings. The molecule has 2 saturated heterocycles. The molecule has 2 fully saturated rings. The summed E-state index contributed by atoms with van der Waals surface area (Å²) in [6.45, 7) is 6.16. The largest absolute Gasteiger partial charge is 0.496 e. The van der Waals surface area contributed by atoms with Gasteiger partial charge < -0.3 is 19.3 Å². The van der Waals surface area contributed by atoms with Gasteiger partial charge in [0, 0.05) is 44.0 Å². The normalized spacial score (nSPS) is 21.8. The third-order valence-corrected chi connectivity index (χ3v) is 10.5. The summed E-state index contributed by atoms with van der Waals surface area (Å²) < 4.78 is 40.7. The third-order valence-electron chi connectivity index (χ3n) is 8.88. The molecule has 1 unspecified atom stereocenters. The predicted octanol–water partition coefficient (Wildman–Crippen LogP) is 3.23. The predicted molar refractivity (Wildman–Crippen MR) is 164 cm³/mol. The Morgan fingerprint density at radius 3 is 2.32 bits per heavy atom. The Kier molecular flexibility index (Phi) is 8.08. The Bertz CT molecular complexity index is 1650. The molecule has 1 atom stereocenters. The highest BCUT2D eigenvalue weighted by molar-refractivity contribution is 7.93. The number of amides is 2. The number of carbonyl (C=O) groups is 2. The van der Waals surface area contributed by atoms with Crippen LogP contribution in [0, 0.1) is 6.92 Å². The van der Waals surface area contributed by atoms with Gasteiger partial charge in [-0.05, 0) is 70.2 Å². The van der Waals surface area contributed by atoms with Gasteiger partial charge in [0.25, 0.3) is 15.9 Å². The van der Waals surface area contributed by atoms with Crippen molar-refractivity contribution in [3.8, 4) is 5.75 Å². The molecule has 0 radical (unpaired) electrons. The Morgan fingerprint density at radius 1 is 0.932 bits per heavy atom. The molecule has 3 aliphatic rings. The van der Waals surface area contributed by atoms with Crippen molar-refractivity contribution < 1.29 is 27.5 Å². The lowest BCUT2D eigenvalue weighted by Crippen LogP contribution is -2.55. The molecule has 2 aromatic carbocycles. The van der Waals surface area contributed by atoms with Crippen molar-refractivity contribution in [3.63, 3.8) is 0 Å². The number of likely N-dealkylation sites (tertiary alicyclic amines) is 1. The van der Waals surface area contributed by atoms with Crippen LogP contribution < -0.4 is 9.04 Å². The number of sulfonamides is 1. The number of piperidine rings is 1. The van der Waals surface area contributed by atoms with E-state index in [1.54, 1.807) is 53.4 Å². The minimum atomic E-state index is -4.48. The zero-order chi connectivity index (χ0) is 31.1. The van der Waals surface area contributed by atoms with E-state index in [0.717, 1.165) is 31.5 Å². The summed E-state index contributed by atoms with van der Waals surface area (Å²) in [5.41, 5.74) is -0.799. The van der Waals surface area contributed by atoms with Crippen molar-refractivity contribution in [3.05, 3.63) is 83.6 Å². The van der Waals surface area contributed by atoms with Crippen LogP contribution in [0.2, 0.25) is 0 Å². The monoisotopic (exact) mass is 619 g/mol. The number of benzene rings is 2. The lowest BCUT2D eigenvalue weighted by Gasteiger charge is -2.42. The van der Waals surface area contributed by atoms with Gasteiger partial charge in [0.1, 0.15) is 5.75 Å². The number of pyridine rings is 1. The van der Waals surface area contributed by atoms with Crippen LogP contribution in [-0.4, -0.2) is 99.6 Å². The minimum Gasteiger partial charge on any atom is -0.496 e. The fourth-order valence-electron chi connectivity index (χ4n) is 6.48. The minimum absolute atomic E-state index is 0.0945. The van der Waals surface area contributed by atoms with Crippen LogP contribution in [0.3, 0.4) is 0 Å². The molecule has 0 N–H and O–H groups in total. The topological polar surface area (TPSA) is 113 Å². The van der Waals surface area contributed by atoms with Crippen LogP contribution in [0.1, 0.15) is 29.5 Å². The highest BCUT2D eigenvalue weighted by atomic mass is 32.2. The van der Waals surface area contributed by atoms with Crippen LogP contribution in [0.4, 0.5) is 10.5 Å². The number of hydrogen-bond acceptors (Lipinski definition) is 9. The lowest BCUT2D eigenvalue weighted by molar-refractivity contribution is -0.132. The molecule has 0 saturated carbocycles. The Morgan fingerprint density at radius 2 is 1.64 bits per heavy atom. The number of aromatic nitrogens is 1. The fourth-order valence-corrected chi connectivity index (χ4v) is 7.88. The molecule has 232 valence electrons. The second-order valence-electron chi connectivity index (χ2n) is 11.6. The van der Waals surface area contributed by atoms with Gasteiger partial charge in [0.2, 0.25) is 5.60 Å². The molecule has 2 amide bonds. The van der Waals surface area contributed by atoms with Crippen LogP contribution in [0.25, 0.3) is 0 Å². The molecule has 6 rings (SSSR count). The first-order chi connectivity index (χ1) is 21.2. The maximum Gasteiger partial charge on any atom is 0.411 e. The Labute approximate surface area is 258 Å². The SMILES string of the molecule is COc1ccccc1C1(OC(=O)N2CCN(C3CCN(C)CC3)CC2)C(=O)N(S(=O)(=O)c2ccccn2)c2ccc(C)cc21. The summed E-state index contributed by atoms with van der Waals surface area (Å²) in [4.78, 5) is 39.2. The highest BCUT2D eigenvalue weighted by Gasteiger charge is 2.61. The fraction of sp³-hybridized carbons (Fsp3) is 0.406. The van der Waals surface area contributed by atoms with Crippen LogP contribution in [-0.2, 0) is 25.2 Å². The number of hydrogen-bond donors (Lipinski definition) is 0. The highest BCUT2D eigenvalue weighted by Crippen LogP contribution is 2.51. The van der Waals surface area contributed by atoms with E-state index in [1.165, 1.54) is 25.4 Å². The van der Waals surface area contributed by atoms with Crippen molar-refractivity contribution >= 4 is 27.7 Å². The van der Waals surface area contributed by atoms with Gasteiger partial charge in [-0.1, -0.05) is 35.9 Å². The van der Waals surface area contributed by atoms with E-state index in [0.29, 0.717) is 36.5 Å². The van der Waals surface area contributed by atoms with Gasteiger partial charge in [-0.15, -0.1) is 0 Å². The van der Waals surface area contributed by atoms with E-state index in [-0.39, 0.29) is 27.6 Å². The average Bonchev–Trinajstić information content (AvgIpc) is 3.29. The first-order valence-electron chi connectivity index (χ1n) is 14.8. The number of para-hydroxylation sites is 1. The van der Waals surface area contributed by atoms with Crippen LogP contribution in [0.15, 0.2) is 71.9 Å². The molecule has 0 spiro atoms. The molecule has 44 heavy (non-hydrogen) atoms.